The molecule has 2 atom stereocenters. The Hall–Kier alpha value is -0.300. The van der Waals surface area contributed by atoms with E-state index in [-0.39, 0.29) is 5.60 Å². The third-order valence-electron chi connectivity index (χ3n) is 3.21. The Bertz CT molecular complexity index is 195. The number of fused-ring (bicyclic) bond motifs is 2. The van der Waals surface area contributed by atoms with Crippen molar-refractivity contribution in [2.24, 2.45) is 5.41 Å². The minimum absolute atomic E-state index is 0.0498. The Morgan fingerprint density at radius 2 is 2.27 bits per heavy atom. The summed E-state index contributed by atoms with van der Waals surface area (Å²) >= 11 is 0. The molecule has 11 heavy (non-hydrogen) atoms. The fourth-order valence-electron chi connectivity index (χ4n) is 2.56. The zero-order valence-electron chi connectivity index (χ0n) is 7.39. The second kappa shape index (κ2) is 1.89. The maximum absolute atomic E-state index is 5.91. The quantitative estimate of drug-likeness (QED) is 0.525. The van der Waals surface area contributed by atoms with Crippen LogP contribution < -0.4 is 0 Å². The van der Waals surface area contributed by atoms with E-state index < -0.39 is 0 Å². The number of hydrogen-bond acceptors (Lipinski definition) is 1. The molecule has 2 saturated heterocycles. The summed E-state index contributed by atoms with van der Waals surface area (Å²) in [5, 5.41) is 0. The first kappa shape index (κ1) is 7.35. The summed E-state index contributed by atoms with van der Waals surface area (Å²) in [6, 6.07) is 0. The Balaban J connectivity index is 2.27. The van der Waals surface area contributed by atoms with E-state index in [1.54, 1.807) is 0 Å². The molecule has 1 nitrogen and oxygen atoms in total. The maximum Gasteiger partial charge on any atom is 0.0870 e. The van der Waals surface area contributed by atoms with Crippen molar-refractivity contribution in [3.63, 3.8) is 0 Å². The first-order chi connectivity index (χ1) is 5.08. The monoisotopic (exact) mass is 152 g/mol. The molecule has 0 aromatic heterocycles. The molecule has 0 radical (unpaired) electrons. The van der Waals surface area contributed by atoms with Gasteiger partial charge in [-0.25, -0.2) is 0 Å². The van der Waals surface area contributed by atoms with Crippen LogP contribution in [0.3, 0.4) is 0 Å². The Morgan fingerprint density at radius 1 is 1.55 bits per heavy atom. The van der Waals surface area contributed by atoms with Gasteiger partial charge in [0.25, 0.3) is 0 Å². The minimum atomic E-state index is 0.0498. The van der Waals surface area contributed by atoms with Crippen molar-refractivity contribution < 1.29 is 4.74 Å². The SMILES string of the molecule is C=CC12CCC(O1)C(C)(C)C2. The van der Waals surface area contributed by atoms with Gasteiger partial charge in [0.05, 0.1) is 11.7 Å². The van der Waals surface area contributed by atoms with E-state index in [9.17, 15) is 0 Å². The highest BCUT2D eigenvalue weighted by atomic mass is 16.5. The van der Waals surface area contributed by atoms with Crippen molar-refractivity contribution >= 4 is 0 Å². The lowest BCUT2D eigenvalue weighted by atomic mass is 9.72. The maximum atomic E-state index is 5.91. The molecule has 0 spiro atoms. The molecule has 0 aromatic carbocycles. The molecule has 2 aliphatic heterocycles. The average Bonchev–Trinajstić information content (AvgIpc) is 2.42. The molecule has 2 unspecified atom stereocenters. The summed E-state index contributed by atoms with van der Waals surface area (Å²) in [4.78, 5) is 0. The van der Waals surface area contributed by atoms with Crippen LogP contribution in [0.2, 0.25) is 0 Å². The highest BCUT2D eigenvalue weighted by Gasteiger charge is 2.54. The van der Waals surface area contributed by atoms with E-state index in [1.807, 2.05) is 6.08 Å². The standard InChI is InChI=1S/C10H16O/c1-4-10-6-5-8(11-10)9(2,3)7-10/h4,8H,1,5-7H2,2-3H3. The molecular formula is C10H16O. The van der Waals surface area contributed by atoms with E-state index in [0.717, 1.165) is 6.42 Å². The van der Waals surface area contributed by atoms with Crippen molar-refractivity contribution in [3.05, 3.63) is 12.7 Å². The largest absolute Gasteiger partial charge is 0.367 e. The van der Waals surface area contributed by atoms with Crippen molar-refractivity contribution in [1.29, 1.82) is 0 Å². The third-order valence-corrected chi connectivity index (χ3v) is 3.21. The molecule has 2 bridgehead atoms. The molecule has 2 rings (SSSR count). The molecule has 0 aliphatic carbocycles. The molecular weight excluding hydrogens is 136 g/mol. The van der Waals surface area contributed by atoms with Gasteiger partial charge in [0.15, 0.2) is 0 Å². The topological polar surface area (TPSA) is 9.23 Å². The summed E-state index contributed by atoms with van der Waals surface area (Å²) < 4.78 is 5.91. The van der Waals surface area contributed by atoms with E-state index in [2.05, 4.69) is 20.4 Å². The summed E-state index contributed by atoms with van der Waals surface area (Å²) in [6.07, 6.45) is 6.06. The van der Waals surface area contributed by atoms with Gasteiger partial charge in [-0.1, -0.05) is 19.9 Å². The van der Waals surface area contributed by atoms with Crippen LogP contribution in [0.5, 0.6) is 0 Å². The summed E-state index contributed by atoms with van der Waals surface area (Å²) in [5.41, 5.74) is 0.431. The predicted molar refractivity (Wildman–Crippen MR) is 45.4 cm³/mol. The highest BCUT2D eigenvalue weighted by molar-refractivity contribution is 5.12. The van der Waals surface area contributed by atoms with Gasteiger partial charge in [0, 0.05) is 0 Å². The van der Waals surface area contributed by atoms with E-state index >= 15 is 0 Å². The van der Waals surface area contributed by atoms with Crippen LogP contribution in [0.1, 0.15) is 33.1 Å². The van der Waals surface area contributed by atoms with Gasteiger partial charge in [0.2, 0.25) is 0 Å². The molecule has 2 heterocycles. The lowest BCUT2D eigenvalue weighted by Crippen LogP contribution is -2.28. The van der Waals surface area contributed by atoms with Crippen molar-refractivity contribution in [1.82, 2.24) is 0 Å². The van der Waals surface area contributed by atoms with Gasteiger partial charge in [-0.2, -0.15) is 0 Å². The molecule has 0 N–H and O–H groups in total. The zero-order chi connectivity index (χ0) is 8.11. The number of rotatable bonds is 1. The van der Waals surface area contributed by atoms with Gasteiger partial charge in [-0.3, -0.25) is 0 Å². The molecule has 0 amide bonds. The van der Waals surface area contributed by atoms with Crippen LogP contribution in [0.4, 0.5) is 0 Å². The molecule has 2 fully saturated rings. The normalized spacial score (nSPS) is 46.2. The van der Waals surface area contributed by atoms with Crippen LogP contribution >= 0.6 is 0 Å². The van der Waals surface area contributed by atoms with Crippen molar-refractivity contribution in [3.8, 4) is 0 Å². The highest BCUT2D eigenvalue weighted by Crippen LogP contribution is 2.53. The zero-order valence-corrected chi connectivity index (χ0v) is 7.39. The second-order valence-electron chi connectivity index (χ2n) is 4.58. The Morgan fingerprint density at radius 3 is 2.55 bits per heavy atom. The number of ether oxygens (including phenoxy) is 1. The van der Waals surface area contributed by atoms with Crippen molar-refractivity contribution in [2.45, 2.75) is 44.8 Å². The van der Waals surface area contributed by atoms with Crippen LogP contribution in [-0.4, -0.2) is 11.7 Å². The fourth-order valence-corrected chi connectivity index (χ4v) is 2.56. The van der Waals surface area contributed by atoms with Gasteiger partial charge < -0.3 is 4.74 Å². The predicted octanol–water partition coefficient (Wildman–Crippen LogP) is 2.52. The van der Waals surface area contributed by atoms with Crippen LogP contribution in [0, 0.1) is 5.41 Å². The summed E-state index contributed by atoms with van der Waals surface area (Å²) in [6.45, 7) is 8.44. The van der Waals surface area contributed by atoms with E-state index in [4.69, 9.17) is 4.74 Å². The molecule has 0 saturated carbocycles. The molecule has 62 valence electrons. The summed E-state index contributed by atoms with van der Waals surface area (Å²) in [5.74, 6) is 0. The van der Waals surface area contributed by atoms with Gasteiger partial charge >= 0.3 is 0 Å². The van der Waals surface area contributed by atoms with Gasteiger partial charge in [-0.05, 0) is 24.7 Å². The Kier molecular flexibility index (Phi) is 1.26. The molecule has 2 aliphatic rings. The van der Waals surface area contributed by atoms with Crippen molar-refractivity contribution in [2.75, 3.05) is 0 Å². The lowest BCUT2D eigenvalue weighted by Gasteiger charge is -2.28. The van der Waals surface area contributed by atoms with Crippen LogP contribution in [0.15, 0.2) is 12.7 Å². The summed E-state index contributed by atoms with van der Waals surface area (Å²) in [7, 11) is 0. The van der Waals surface area contributed by atoms with Crippen LogP contribution in [0.25, 0.3) is 0 Å². The van der Waals surface area contributed by atoms with Gasteiger partial charge in [-0.15, -0.1) is 6.58 Å². The van der Waals surface area contributed by atoms with E-state index in [0.29, 0.717) is 11.5 Å². The fraction of sp³-hybridized carbons (Fsp3) is 0.800. The van der Waals surface area contributed by atoms with E-state index in [1.165, 1.54) is 12.8 Å². The minimum Gasteiger partial charge on any atom is -0.367 e. The average molecular weight is 152 g/mol. The number of hydrogen-bond donors (Lipinski definition) is 0. The molecule has 1 heteroatoms. The lowest BCUT2D eigenvalue weighted by molar-refractivity contribution is 0.0361. The Labute approximate surface area is 68.4 Å². The third kappa shape index (κ3) is 0.871. The van der Waals surface area contributed by atoms with Crippen LogP contribution in [-0.2, 0) is 4.74 Å². The second-order valence-corrected chi connectivity index (χ2v) is 4.58. The molecule has 0 aromatic rings. The first-order valence-electron chi connectivity index (χ1n) is 4.39. The smallest absolute Gasteiger partial charge is 0.0870 e. The van der Waals surface area contributed by atoms with Gasteiger partial charge in [0.1, 0.15) is 0 Å². The first-order valence-corrected chi connectivity index (χ1v) is 4.39.